The van der Waals surface area contributed by atoms with E-state index in [0.717, 1.165) is 11.3 Å². The molecule has 1 aromatic rings. The fourth-order valence-electron chi connectivity index (χ4n) is 1.40. The molecular formula is C12H19ClN2O2. The summed E-state index contributed by atoms with van der Waals surface area (Å²) in [6.07, 6.45) is 0.206. The molecule has 17 heavy (non-hydrogen) atoms. The number of nitrogens with zero attached hydrogens (tertiary/aromatic N) is 1. The van der Waals surface area contributed by atoms with E-state index in [1.165, 1.54) is 7.11 Å². The Balaban J connectivity index is 0.00000256. The second-order valence-electron chi connectivity index (χ2n) is 3.87. The number of anilines is 1. The maximum absolute atomic E-state index is 11.1. The third-order valence-electron chi connectivity index (χ3n) is 2.45. The molecule has 0 spiro atoms. The Morgan fingerprint density at radius 3 is 2.29 bits per heavy atom. The molecule has 0 aliphatic heterocycles. The van der Waals surface area contributed by atoms with E-state index in [0.29, 0.717) is 0 Å². The molecule has 1 unspecified atom stereocenters. The summed E-state index contributed by atoms with van der Waals surface area (Å²) in [5.74, 6) is -0.288. The van der Waals surface area contributed by atoms with Crippen LogP contribution >= 0.6 is 12.4 Å². The maximum Gasteiger partial charge on any atom is 0.307 e. The Kier molecular flexibility index (Phi) is 6.61. The first-order valence-corrected chi connectivity index (χ1v) is 5.14. The third kappa shape index (κ3) is 4.63. The number of hydrogen-bond acceptors (Lipinski definition) is 4. The number of halogens is 1. The maximum atomic E-state index is 11.1. The highest BCUT2D eigenvalue weighted by atomic mass is 35.5. The molecule has 0 fully saturated rings. The van der Waals surface area contributed by atoms with Gasteiger partial charge in [-0.25, -0.2) is 0 Å². The molecule has 0 saturated heterocycles. The number of esters is 1. The largest absolute Gasteiger partial charge is 0.469 e. The number of rotatable bonds is 4. The van der Waals surface area contributed by atoms with Gasteiger partial charge in [0.25, 0.3) is 0 Å². The standard InChI is InChI=1S/C12H18N2O2.ClH/c1-14(2)10-6-4-9(5-7-10)11(13)8-12(15)16-3;/h4-7,11H,8,13H2,1-3H3;1H. The van der Waals surface area contributed by atoms with Crippen molar-refractivity contribution in [1.82, 2.24) is 0 Å². The van der Waals surface area contributed by atoms with Crippen LogP contribution in [0.1, 0.15) is 18.0 Å². The summed E-state index contributed by atoms with van der Waals surface area (Å²) >= 11 is 0. The van der Waals surface area contributed by atoms with Gasteiger partial charge in [0, 0.05) is 25.8 Å². The number of nitrogens with two attached hydrogens (primary N) is 1. The van der Waals surface area contributed by atoms with Crippen LogP contribution in [0.2, 0.25) is 0 Å². The monoisotopic (exact) mass is 258 g/mol. The summed E-state index contributed by atoms with van der Waals surface area (Å²) in [6, 6.07) is 7.52. The first-order chi connectivity index (χ1) is 7.54. The van der Waals surface area contributed by atoms with Gasteiger partial charge < -0.3 is 15.4 Å². The first-order valence-electron chi connectivity index (χ1n) is 5.14. The summed E-state index contributed by atoms with van der Waals surface area (Å²) in [7, 11) is 5.32. The van der Waals surface area contributed by atoms with Gasteiger partial charge in [0.05, 0.1) is 13.5 Å². The van der Waals surface area contributed by atoms with Gasteiger partial charge in [-0.05, 0) is 17.7 Å². The average Bonchev–Trinajstić information content (AvgIpc) is 2.28. The molecule has 0 aliphatic rings. The van der Waals surface area contributed by atoms with E-state index >= 15 is 0 Å². The molecule has 0 radical (unpaired) electrons. The van der Waals surface area contributed by atoms with Crippen molar-refractivity contribution in [3.05, 3.63) is 29.8 Å². The van der Waals surface area contributed by atoms with Crippen molar-refractivity contribution in [1.29, 1.82) is 0 Å². The van der Waals surface area contributed by atoms with Gasteiger partial charge >= 0.3 is 5.97 Å². The molecule has 1 aromatic carbocycles. The van der Waals surface area contributed by atoms with Gasteiger partial charge in [-0.15, -0.1) is 12.4 Å². The van der Waals surface area contributed by atoms with Crippen LogP contribution in [0.15, 0.2) is 24.3 Å². The minimum absolute atomic E-state index is 0. The van der Waals surface area contributed by atoms with E-state index in [9.17, 15) is 4.79 Å². The van der Waals surface area contributed by atoms with Crippen LogP contribution in [0.4, 0.5) is 5.69 Å². The van der Waals surface area contributed by atoms with Crippen LogP contribution < -0.4 is 10.6 Å². The van der Waals surface area contributed by atoms with Crippen LogP contribution in [0.3, 0.4) is 0 Å². The van der Waals surface area contributed by atoms with Gasteiger partial charge in [0.2, 0.25) is 0 Å². The van der Waals surface area contributed by atoms with Crippen LogP contribution in [0.25, 0.3) is 0 Å². The van der Waals surface area contributed by atoms with Crippen molar-refractivity contribution in [2.75, 3.05) is 26.1 Å². The zero-order valence-electron chi connectivity index (χ0n) is 10.3. The van der Waals surface area contributed by atoms with E-state index in [-0.39, 0.29) is 30.8 Å². The first kappa shape index (κ1) is 15.7. The molecule has 0 bridgehead atoms. The second kappa shape index (κ2) is 7.14. The Labute approximate surface area is 108 Å². The molecule has 0 aromatic heterocycles. The van der Waals surface area contributed by atoms with E-state index in [1.54, 1.807) is 0 Å². The number of benzene rings is 1. The summed E-state index contributed by atoms with van der Waals surface area (Å²) in [5.41, 5.74) is 7.93. The van der Waals surface area contributed by atoms with Crippen molar-refractivity contribution in [3.63, 3.8) is 0 Å². The van der Waals surface area contributed by atoms with E-state index in [1.807, 2.05) is 43.3 Å². The molecule has 96 valence electrons. The quantitative estimate of drug-likeness (QED) is 0.836. The van der Waals surface area contributed by atoms with E-state index in [2.05, 4.69) is 4.74 Å². The lowest BCUT2D eigenvalue weighted by atomic mass is 10.0. The molecule has 2 N–H and O–H groups in total. The van der Waals surface area contributed by atoms with Crippen molar-refractivity contribution in [2.45, 2.75) is 12.5 Å². The van der Waals surface area contributed by atoms with Crippen molar-refractivity contribution in [2.24, 2.45) is 5.73 Å². The smallest absolute Gasteiger partial charge is 0.307 e. The predicted molar refractivity (Wildman–Crippen MR) is 71.6 cm³/mol. The van der Waals surface area contributed by atoms with Crippen molar-refractivity contribution < 1.29 is 9.53 Å². The second-order valence-corrected chi connectivity index (χ2v) is 3.87. The Morgan fingerprint density at radius 1 is 1.35 bits per heavy atom. The lowest BCUT2D eigenvalue weighted by molar-refractivity contribution is -0.141. The third-order valence-corrected chi connectivity index (χ3v) is 2.45. The fourth-order valence-corrected chi connectivity index (χ4v) is 1.40. The van der Waals surface area contributed by atoms with Crippen LogP contribution in [0, 0.1) is 0 Å². The summed E-state index contributed by atoms with van der Waals surface area (Å²) < 4.78 is 4.58. The Morgan fingerprint density at radius 2 is 1.88 bits per heavy atom. The fraction of sp³-hybridized carbons (Fsp3) is 0.417. The normalized spacial score (nSPS) is 11.3. The van der Waals surface area contributed by atoms with Crippen LogP contribution in [0.5, 0.6) is 0 Å². The van der Waals surface area contributed by atoms with E-state index < -0.39 is 0 Å². The molecule has 0 aliphatic carbocycles. The Bertz CT molecular complexity index is 352. The number of hydrogen-bond donors (Lipinski definition) is 1. The number of methoxy groups -OCH3 is 1. The molecule has 0 amide bonds. The topological polar surface area (TPSA) is 55.6 Å². The van der Waals surface area contributed by atoms with Crippen molar-refractivity contribution in [3.8, 4) is 0 Å². The van der Waals surface area contributed by atoms with Gasteiger partial charge in [-0.2, -0.15) is 0 Å². The van der Waals surface area contributed by atoms with Gasteiger partial charge in [-0.1, -0.05) is 12.1 Å². The predicted octanol–water partition coefficient (Wildman–Crippen LogP) is 1.74. The van der Waals surface area contributed by atoms with Crippen LogP contribution in [-0.4, -0.2) is 27.2 Å². The Hall–Kier alpha value is -1.26. The summed E-state index contributed by atoms with van der Waals surface area (Å²) in [6.45, 7) is 0. The summed E-state index contributed by atoms with van der Waals surface area (Å²) in [4.78, 5) is 13.1. The minimum Gasteiger partial charge on any atom is -0.469 e. The van der Waals surface area contributed by atoms with Crippen molar-refractivity contribution >= 4 is 24.1 Å². The lowest BCUT2D eigenvalue weighted by Crippen LogP contribution is -2.16. The van der Waals surface area contributed by atoms with E-state index in [4.69, 9.17) is 5.73 Å². The van der Waals surface area contributed by atoms with Gasteiger partial charge in [-0.3, -0.25) is 4.79 Å². The zero-order valence-corrected chi connectivity index (χ0v) is 11.2. The van der Waals surface area contributed by atoms with Gasteiger partial charge in [0.15, 0.2) is 0 Å². The highest BCUT2D eigenvalue weighted by molar-refractivity contribution is 5.85. The molecule has 1 atom stereocenters. The molecule has 0 saturated carbocycles. The van der Waals surface area contributed by atoms with Crippen LogP contribution in [-0.2, 0) is 9.53 Å². The molecule has 4 nitrogen and oxygen atoms in total. The number of carbonyl (C=O) groups is 1. The molecular weight excluding hydrogens is 240 g/mol. The highest BCUT2D eigenvalue weighted by Gasteiger charge is 2.11. The zero-order chi connectivity index (χ0) is 12.1. The number of carbonyl (C=O) groups excluding carboxylic acids is 1. The molecule has 5 heteroatoms. The highest BCUT2D eigenvalue weighted by Crippen LogP contribution is 2.18. The minimum atomic E-state index is -0.302. The molecule has 0 heterocycles. The van der Waals surface area contributed by atoms with Gasteiger partial charge in [0.1, 0.15) is 0 Å². The average molecular weight is 259 g/mol. The lowest BCUT2D eigenvalue weighted by Gasteiger charge is -2.15. The molecule has 1 rings (SSSR count). The summed E-state index contributed by atoms with van der Waals surface area (Å²) in [5, 5.41) is 0. The number of ether oxygens (including phenoxy) is 1. The SMILES string of the molecule is COC(=O)CC(N)c1ccc(N(C)C)cc1.Cl.